The molecule has 0 heterocycles. The summed E-state index contributed by atoms with van der Waals surface area (Å²) in [6, 6.07) is 2.56. The van der Waals surface area contributed by atoms with Crippen LogP contribution in [0.25, 0.3) is 0 Å². The van der Waals surface area contributed by atoms with E-state index in [-0.39, 0.29) is 10.2 Å². The number of hydrogen-bond acceptors (Lipinski definition) is 2. The summed E-state index contributed by atoms with van der Waals surface area (Å²) in [7, 11) is 1.32. The number of nitrogens with zero attached hydrogens (tertiary/aromatic N) is 1. The van der Waals surface area contributed by atoms with Crippen molar-refractivity contribution in [3.05, 3.63) is 28.2 Å². The first-order valence-corrected chi connectivity index (χ1v) is 5.76. The van der Waals surface area contributed by atoms with Crippen molar-refractivity contribution in [2.24, 2.45) is 0 Å². The summed E-state index contributed by atoms with van der Waals surface area (Å²) in [6.07, 6.45) is -4.54. The van der Waals surface area contributed by atoms with Crippen molar-refractivity contribution >= 4 is 27.6 Å². The maximum atomic E-state index is 12.9. The third-order valence-electron chi connectivity index (χ3n) is 2.58. The van der Waals surface area contributed by atoms with Crippen molar-refractivity contribution in [2.45, 2.75) is 19.1 Å². The molecule has 1 aromatic rings. The maximum Gasteiger partial charge on any atom is 0.418 e. The summed E-state index contributed by atoms with van der Waals surface area (Å²) >= 11 is 2.97. The zero-order valence-electron chi connectivity index (χ0n) is 9.62. The van der Waals surface area contributed by atoms with Gasteiger partial charge in [-0.2, -0.15) is 13.2 Å². The molecular formula is C11H11BrF3NO2. The second kappa shape index (κ2) is 5.17. The van der Waals surface area contributed by atoms with Crippen molar-refractivity contribution < 1.29 is 23.1 Å². The van der Waals surface area contributed by atoms with Gasteiger partial charge >= 0.3 is 12.1 Å². The molecule has 0 spiro atoms. The number of carboxylic acids is 1. The van der Waals surface area contributed by atoms with Gasteiger partial charge in [0.2, 0.25) is 0 Å². The summed E-state index contributed by atoms with van der Waals surface area (Å²) in [6.45, 7) is 1.32. The van der Waals surface area contributed by atoms with Gasteiger partial charge in [0.05, 0.1) is 5.56 Å². The number of likely N-dealkylation sites (N-methyl/N-ethyl adjacent to an activating group) is 1. The summed E-state index contributed by atoms with van der Waals surface area (Å²) in [5.41, 5.74) is -1.03. The molecule has 0 aliphatic heterocycles. The van der Waals surface area contributed by atoms with Crippen LogP contribution in [0.4, 0.5) is 18.9 Å². The largest absolute Gasteiger partial charge is 0.480 e. The highest BCUT2D eigenvalue weighted by Crippen LogP contribution is 2.38. The van der Waals surface area contributed by atoms with Crippen LogP contribution in [0.15, 0.2) is 22.7 Å². The zero-order chi connectivity index (χ0) is 14.1. The number of hydrogen-bond donors (Lipinski definition) is 1. The van der Waals surface area contributed by atoms with Gasteiger partial charge in [0, 0.05) is 17.2 Å². The molecule has 100 valence electrons. The minimum absolute atomic E-state index is 0.166. The summed E-state index contributed by atoms with van der Waals surface area (Å²) in [4.78, 5) is 11.9. The molecular weight excluding hydrogens is 315 g/mol. The number of halogens is 4. The van der Waals surface area contributed by atoms with Crippen molar-refractivity contribution in [3.63, 3.8) is 0 Å². The van der Waals surface area contributed by atoms with Gasteiger partial charge in [-0.3, -0.25) is 0 Å². The van der Waals surface area contributed by atoms with E-state index in [1.165, 1.54) is 26.1 Å². The van der Waals surface area contributed by atoms with Gasteiger partial charge in [-0.15, -0.1) is 0 Å². The van der Waals surface area contributed by atoms with Gasteiger partial charge in [-0.1, -0.05) is 15.9 Å². The molecule has 1 atom stereocenters. The van der Waals surface area contributed by atoms with Gasteiger partial charge in [-0.05, 0) is 25.1 Å². The molecule has 0 radical (unpaired) electrons. The van der Waals surface area contributed by atoms with E-state index < -0.39 is 23.8 Å². The van der Waals surface area contributed by atoms with Crippen LogP contribution in [0.2, 0.25) is 0 Å². The van der Waals surface area contributed by atoms with Crippen molar-refractivity contribution in [2.75, 3.05) is 11.9 Å². The van der Waals surface area contributed by atoms with Crippen LogP contribution in [-0.4, -0.2) is 24.2 Å². The van der Waals surface area contributed by atoms with Crippen LogP contribution in [0.5, 0.6) is 0 Å². The molecule has 1 aromatic carbocycles. The fraction of sp³-hybridized carbons (Fsp3) is 0.364. The smallest absolute Gasteiger partial charge is 0.418 e. The van der Waals surface area contributed by atoms with Crippen molar-refractivity contribution in [3.8, 4) is 0 Å². The molecule has 1 unspecified atom stereocenters. The van der Waals surface area contributed by atoms with Crippen molar-refractivity contribution in [1.29, 1.82) is 0 Å². The number of carboxylic acid groups (broad SMARTS) is 1. The van der Waals surface area contributed by atoms with Gasteiger partial charge in [0.25, 0.3) is 0 Å². The lowest BCUT2D eigenvalue weighted by Crippen LogP contribution is -2.37. The lowest BCUT2D eigenvalue weighted by Gasteiger charge is -2.27. The topological polar surface area (TPSA) is 40.5 Å². The predicted octanol–water partition coefficient (Wildman–Crippen LogP) is 3.38. The highest BCUT2D eigenvalue weighted by atomic mass is 79.9. The molecule has 3 nitrogen and oxygen atoms in total. The van der Waals surface area contributed by atoms with Crippen LogP contribution in [0.3, 0.4) is 0 Å². The first kappa shape index (κ1) is 14.8. The zero-order valence-corrected chi connectivity index (χ0v) is 11.2. The average Bonchev–Trinajstić information content (AvgIpc) is 2.25. The van der Waals surface area contributed by atoms with E-state index in [4.69, 9.17) is 5.11 Å². The number of alkyl halides is 3. The number of benzene rings is 1. The van der Waals surface area contributed by atoms with Crippen LogP contribution >= 0.6 is 15.9 Å². The second-order valence-corrected chi connectivity index (χ2v) is 4.70. The Morgan fingerprint density at radius 3 is 2.44 bits per heavy atom. The summed E-state index contributed by atoms with van der Waals surface area (Å²) in [5.74, 6) is -1.19. The minimum atomic E-state index is -4.54. The fourth-order valence-corrected chi connectivity index (χ4v) is 1.78. The molecule has 0 amide bonds. The van der Waals surface area contributed by atoms with Gasteiger partial charge < -0.3 is 10.0 Å². The standard InChI is InChI=1S/C11H11BrF3NO2/c1-6(10(17)18)16(2)9-4-3-7(12)5-8(9)11(13,14)15/h3-6H,1-2H3,(H,17,18). The molecule has 0 saturated carbocycles. The Labute approximate surface area is 110 Å². The first-order valence-electron chi connectivity index (χ1n) is 4.97. The molecule has 0 fully saturated rings. The molecule has 18 heavy (non-hydrogen) atoms. The molecule has 0 aromatic heterocycles. The van der Waals surface area contributed by atoms with E-state index in [1.54, 1.807) is 0 Å². The third-order valence-corrected chi connectivity index (χ3v) is 3.08. The molecule has 7 heteroatoms. The van der Waals surface area contributed by atoms with Crippen LogP contribution < -0.4 is 4.90 Å². The van der Waals surface area contributed by atoms with E-state index in [1.807, 2.05) is 0 Å². The van der Waals surface area contributed by atoms with E-state index in [9.17, 15) is 18.0 Å². The fourth-order valence-electron chi connectivity index (χ4n) is 1.42. The Morgan fingerprint density at radius 1 is 1.44 bits per heavy atom. The molecule has 0 bridgehead atoms. The van der Waals surface area contributed by atoms with Gasteiger partial charge in [0.1, 0.15) is 6.04 Å². The van der Waals surface area contributed by atoms with E-state index >= 15 is 0 Å². The quantitative estimate of drug-likeness (QED) is 0.926. The van der Waals surface area contributed by atoms with Gasteiger partial charge in [0.15, 0.2) is 0 Å². The average molecular weight is 326 g/mol. The first-order chi connectivity index (χ1) is 8.14. The Hall–Kier alpha value is -1.24. The van der Waals surface area contributed by atoms with Crippen LogP contribution in [-0.2, 0) is 11.0 Å². The summed E-state index contributed by atoms with van der Waals surface area (Å²) in [5, 5.41) is 8.83. The second-order valence-electron chi connectivity index (χ2n) is 3.78. The van der Waals surface area contributed by atoms with E-state index in [0.29, 0.717) is 0 Å². The molecule has 1 rings (SSSR count). The minimum Gasteiger partial charge on any atom is -0.480 e. The van der Waals surface area contributed by atoms with E-state index in [2.05, 4.69) is 15.9 Å². The maximum absolute atomic E-state index is 12.9. The molecule has 0 aliphatic rings. The van der Waals surface area contributed by atoms with Crippen molar-refractivity contribution in [1.82, 2.24) is 0 Å². The molecule has 0 saturated heterocycles. The lowest BCUT2D eigenvalue weighted by molar-refractivity contribution is -0.139. The Bertz CT molecular complexity index is 462. The number of carbonyl (C=O) groups is 1. The highest BCUT2D eigenvalue weighted by molar-refractivity contribution is 9.10. The third kappa shape index (κ3) is 3.16. The van der Waals surface area contributed by atoms with E-state index in [0.717, 1.165) is 11.0 Å². The van der Waals surface area contributed by atoms with Crippen LogP contribution in [0.1, 0.15) is 12.5 Å². The Balaban J connectivity index is 3.28. The summed E-state index contributed by atoms with van der Waals surface area (Å²) < 4.78 is 38.9. The lowest BCUT2D eigenvalue weighted by atomic mass is 10.1. The van der Waals surface area contributed by atoms with Crippen LogP contribution in [0, 0.1) is 0 Å². The number of anilines is 1. The molecule has 1 N–H and O–H groups in total. The monoisotopic (exact) mass is 325 g/mol. The predicted molar refractivity (Wildman–Crippen MR) is 64.6 cm³/mol. The molecule has 0 aliphatic carbocycles. The number of aliphatic carboxylic acids is 1. The SMILES string of the molecule is CC(C(=O)O)N(C)c1ccc(Br)cc1C(F)(F)F. The highest BCUT2D eigenvalue weighted by Gasteiger charge is 2.35. The Kier molecular flexibility index (Phi) is 4.26. The Morgan fingerprint density at radius 2 is 2.00 bits per heavy atom. The van der Waals surface area contributed by atoms with Gasteiger partial charge in [-0.25, -0.2) is 4.79 Å². The number of rotatable bonds is 3. The normalized spacial score (nSPS) is 13.2.